The van der Waals surface area contributed by atoms with E-state index in [0.717, 1.165) is 49.3 Å². The van der Waals surface area contributed by atoms with E-state index >= 15 is 0 Å². The molecule has 0 spiro atoms. The third-order valence-corrected chi connectivity index (χ3v) is 7.52. The van der Waals surface area contributed by atoms with Gasteiger partial charge in [-0.1, -0.05) is 54.1 Å². The number of hydrogen-bond donors (Lipinski definition) is 0. The van der Waals surface area contributed by atoms with Crippen LogP contribution in [0.2, 0.25) is 5.02 Å². The Morgan fingerprint density at radius 3 is 2.36 bits per heavy atom. The molecule has 0 unspecified atom stereocenters. The molecule has 0 aliphatic carbocycles. The molecule has 0 N–H and O–H groups in total. The number of anilines is 1. The molecule has 0 bridgehead atoms. The number of amides is 2. The van der Waals surface area contributed by atoms with Crippen LogP contribution in [0.25, 0.3) is 0 Å². The predicted octanol–water partition coefficient (Wildman–Crippen LogP) is 5.94. The minimum atomic E-state index is -0.417. The van der Waals surface area contributed by atoms with Gasteiger partial charge in [0.2, 0.25) is 5.91 Å². The zero-order chi connectivity index (χ0) is 29.7. The van der Waals surface area contributed by atoms with Gasteiger partial charge in [0.15, 0.2) is 11.6 Å². The first-order chi connectivity index (χ1) is 20.4. The number of para-hydroxylation sites is 2. The molecule has 0 aromatic heterocycles. The number of halogens is 2. The Morgan fingerprint density at radius 1 is 0.881 bits per heavy atom. The number of ether oxygens (including phenoxy) is 2. The van der Waals surface area contributed by atoms with Crippen molar-refractivity contribution in [1.82, 2.24) is 9.80 Å². The summed E-state index contributed by atoms with van der Waals surface area (Å²) in [6.07, 6.45) is 2.34. The first-order valence-corrected chi connectivity index (χ1v) is 14.8. The normalized spacial score (nSPS) is 14.9. The summed E-state index contributed by atoms with van der Waals surface area (Å²) in [7, 11) is 1.52. The lowest BCUT2D eigenvalue weighted by Crippen LogP contribution is -2.40. The molecular weight excluding hydrogens is 557 g/mol. The maximum absolute atomic E-state index is 13.9. The van der Waals surface area contributed by atoms with Crippen LogP contribution in [0.1, 0.15) is 36.8 Å². The number of hydrogen-bond acceptors (Lipinski definition) is 5. The van der Waals surface area contributed by atoms with Crippen molar-refractivity contribution in [3.05, 3.63) is 94.8 Å². The van der Waals surface area contributed by atoms with E-state index in [-0.39, 0.29) is 37.2 Å². The molecule has 1 aliphatic heterocycles. The summed E-state index contributed by atoms with van der Waals surface area (Å²) in [6, 6.07) is 21.9. The molecule has 7 nitrogen and oxygen atoms in total. The molecule has 3 aromatic carbocycles. The van der Waals surface area contributed by atoms with Crippen LogP contribution in [0.15, 0.2) is 72.8 Å². The first kappa shape index (κ1) is 31.5. The summed E-state index contributed by atoms with van der Waals surface area (Å²) in [4.78, 5) is 32.7. The molecule has 224 valence electrons. The number of rotatable bonds is 9. The topological polar surface area (TPSA) is 62.3 Å². The minimum Gasteiger partial charge on any atom is -0.491 e. The number of fused-ring (bicyclic) bond motifs is 1. The van der Waals surface area contributed by atoms with E-state index in [1.807, 2.05) is 53.4 Å². The zero-order valence-corrected chi connectivity index (χ0v) is 24.9. The number of carbonyl (C=O) groups is 2. The second-order valence-electron chi connectivity index (χ2n) is 10.4. The highest BCUT2D eigenvalue weighted by Crippen LogP contribution is 2.25. The summed E-state index contributed by atoms with van der Waals surface area (Å²) < 4.78 is 24.7. The summed E-state index contributed by atoms with van der Waals surface area (Å²) in [5.41, 5.74) is 2.87. The smallest absolute Gasteiger partial charge is 0.252 e. The minimum absolute atomic E-state index is 0.00184. The lowest BCUT2D eigenvalue weighted by atomic mass is 10.1. The fourth-order valence-corrected chi connectivity index (χ4v) is 5.29. The van der Waals surface area contributed by atoms with E-state index in [4.69, 9.17) is 21.1 Å². The highest BCUT2D eigenvalue weighted by atomic mass is 35.5. The number of methoxy groups -OCH3 is 1. The molecule has 0 radical (unpaired) electrons. The Bertz CT molecular complexity index is 1310. The quantitative estimate of drug-likeness (QED) is 0.287. The Labute approximate surface area is 252 Å². The fourth-order valence-electron chi connectivity index (χ4n) is 5.17. The molecule has 9 heteroatoms. The molecule has 4 rings (SSSR count). The number of carbonyl (C=O) groups excluding carboxylic acids is 2. The van der Waals surface area contributed by atoms with E-state index in [2.05, 4.69) is 4.90 Å². The second-order valence-corrected chi connectivity index (χ2v) is 10.9. The molecule has 3 aromatic rings. The van der Waals surface area contributed by atoms with E-state index in [1.165, 1.54) is 13.2 Å². The lowest BCUT2D eigenvalue weighted by molar-refractivity contribution is -0.132. The van der Waals surface area contributed by atoms with Gasteiger partial charge in [-0.2, -0.15) is 0 Å². The van der Waals surface area contributed by atoms with Crippen molar-refractivity contribution in [3.8, 4) is 5.75 Å². The molecule has 1 heterocycles. The lowest BCUT2D eigenvalue weighted by Gasteiger charge is -2.31. The van der Waals surface area contributed by atoms with Crippen molar-refractivity contribution >= 4 is 29.1 Å². The van der Waals surface area contributed by atoms with Gasteiger partial charge in [0.05, 0.1) is 6.61 Å². The maximum atomic E-state index is 13.9. The van der Waals surface area contributed by atoms with Crippen molar-refractivity contribution in [2.24, 2.45) is 0 Å². The van der Waals surface area contributed by atoms with Crippen molar-refractivity contribution in [2.45, 2.75) is 38.8 Å². The third kappa shape index (κ3) is 9.28. The average molecular weight is 596 g/mol. The summed E-state index contributed by atoms with van der Waals surface area (Å²) in [5, 5.41) is 0.701. The third-order valence-electron chi connectivity index (χ3n) is 7.27. The Balaban J connectivity index is 1.50. The van der Waals surface area contributed by atoms with Gasteiger partial charge < -0.3 is 19.3 Å². The van der Waals surface area contributed by atoms with Crippen LogP contribution in [0.5, 0.6) is 5.75 Å². The largest absolute Gasteiger partial charge is 0.491 e. The van der Waals surface area contributed by atoms with Crippen molar-refractivity contribution in [1.29, 1.82) is 0 Å². The number of nitrogens with zero attached hydrogens (tertiary/aromatic N) is 3. The fraction of sp³-hybridized carbons (Fsp3) is 0.394. The van der Waals surface area contributed by atoms with Gasteiger partial charge in [0.1, 0.15) is 6.61 Å². The molecular formula is C33H39ClFN3O4. The Hall–Kier alpha value is -3.46. The summed E-state index contributed by atoms with van der Waals surface area (Å²) in [6.45, 7) is 4.07. The molecule has 0 saturated heterocycles. The number of benzene rings is 3. The van der Waals surface area contributed by atoms with Gasteiger partial charge in [-0.25, -0.2) is 4.39 Å². The molecule has 0 fully saturated rings. The van der Waals surface area contributed by atoms with Crippen LogP contribution < -0.4 is 9.64 Å². The molecule has 0 saturated carbocycles. The van der Waals surface area contributed by atoms with Crippen molar-refractivity contribution in [2.75, 3.05) is 51.4 Å². The van der Waals surface area contributed by atoms with E-state index in [9.17, 15) is 14.0 Å². The van der Waals surface area contributed by atoms with Crippen molar-refractivity contribution in [3.63, 3.8) is 0 Å². The van der Waals surface area contributed by atoms with Crippen LogP contribution >= 0.6 is 11.6 Å². The Morgan fingerprint density at radius 2 is 1.60 bits per heavy atom. The second kappa shape index (κ2) is 16.2. The van der Waals surface area contributed by atoms with Gasteiger partial charge in [-0.3, -0.25) is 14.5 Å². The maximum Gasteiger partial charge on any atom is 0.252 e. The van der Waals surface area contributed by atoms with Crippen LogP contribution in [0, 0.1) is 5.82 Å². The average Bonchev–Trinajstić information content (AvgIpc) is 2.98. The van der Waals surface area contributed by atoms with Gasteiger partial charge in [-0.05, 0) is 60.7 Å². The summed E-state index contributed by atoms with van der Waals surface area (Å²) >= 11 is 6.09. The van der Waals surface area contributed by atoms with Gasteiger partial charge in [0.25, 0.3) is 5.91 Å². The molecule has 1 aliphatic rings. The Kier molecular flexibility index (Phi) is 12.2. The molecule has 42 heavy (non-hydrogen) atoms. The molecule has 2 amide bonds. The van der Waals surface area contributed by atoms with E-state index in [0.29, 0.717) is 31.1 Å². The van der Waals surface area contributed by atoms with E-state index in [1.54, 1.807) is 23.1 Å². The van der Waals surface area contributed by atoms with Gasteiger partial charge in [0, 0.05) is 63.5 Å². The molecule has 0 atom stereocenters. The van der Waals surface area contributed by atoms with Crippen LogP contribution in [-0.4, -0.2) is 68.1 Å². The standard InChI is InChI=1S/C33H39ClFN3O4/c1-41-25-33(40)38-21-8-19-36(23-26-14-16-28(34)17-15-26)18-7-20-37(24-27-9-2-4-11-30(27)38)32(39)13-6-22-42-31-12-5-3-10-29(31)35/h2-5,9-12,14-17H,6-8,13,18-25H2,1H3. The van der Waals surface area contributed by atoms with Crippen LogP contribution in [0.3, 0.4) is 0 Å². The van der Waals surface area contributed by atoms with Crippen molar-refractivity contribution < 1.29 is 23.5 Å². The first-order valence-electron chi connectivity index (χ1n) is 14.4. The van der Waals surface area contributed by atoms with Crippen LogP contribution in [0.4, 0.5) is 10.1 Å². The highest BCUT2D eigenvalue weighted by molar-refractivity contribution is 6.30. The van der Waals surface area contributed by atoms with Gasteiger partial charge >= 0.3 is 0 Å². The van der Waals surface area contributed by atoms with E-state index < -0.39 is 5.82 Å². The summed E-state index contributed by atoms with van der Waals surface area (Å²) in [5.74, 6) is -0.349. The SMILES string of the molecule is COCC(=O)N1CCCN(Cc2ccc(Cl)cc2)CCCN(C(=O)CCCOc2ccccc2F)Cc2ccccc21. The predicted molar refractivity (Wildman–Crippen MR) is 163 cm³/mol. The highest BCUT2D eigenvalue weighted by Gasteiger charge is 2.23. The zero-order valence-electron chi connectivity index (χ0n) is 24.1. The van der Waals surface area contributed by atoms with Crippen LogP contribution in [-0.2, 0) is 27.4 Å². The monoisotopic (exact) mass is 595 g/mol. The van der Waals surface area contributed by atoms with Gasteiger partial charge in [-0.15, -0.1) is 0 Å².